The van der Waals surface area contributed by atoms with E-state index in [1.807, 2.05) is 4.90 Å². The van der Waals surface area contributed by atoms with Gasteiger partial charge in [0, 0.05) is 26.2 Å². The third-order valence-electron chi connectivity index (χ3n) is 5.77. The Morgan fingerprint density at radius 1 is 1.07 bits per heavy atom. The van der Waals surface area contributed by atoms with Crippen molar-refractivity contribution in [3.05, 3.63) is 15.9 Å². The minimum Gasteiger partial charge on any atom is -0.323 e. The van der Waals surface area contributed by atoms with Gasteiger partial charge in [0.2, 0.25) is 0 Å². The van der Waals surface area contributed by atoms with Gasteiger partial charge in [-0.15, -0.1) is 11.3 Å². The molecule has 11 heteroatoms. The van der Waals surface area contributed by atoms with Gasteiger partial charge >= 0.3 is 6.03 Å². The van der Waals surface area contributed by atoms with Gasteiger partial charge in [0.15, 0.2) is 0 Å². The summed E-state index contributed by atoms with van der Waals surface area (Å²) in [7, 11) is -3.50. The standard InChI is InChI=1S/C17H23BrN4O4S2/c18-13-4-5-14(27-13)28(25,26)21-10-8-20(9-11-21)12-22-15(23)17(19-16(22)24)6-2-1-3-7-17/h4-5H,1-3,6-12H2,(H,19,24). The number of amides is 3. The molecule has 0 bridgehead atoms. The molecular weight excluding hydrogens is 468 g/mol. The molecule has 8 nitrogen and oxygen atoms in total. The van der Waals surface area contributed by atoms with E-state index in [-0.39, 0.29) is 18.6 Å². The van der Waals surface area contributed by atoms with Crippen molar-refractivity contribution in [1.29, 1.82) is 0 Å². The Morgan fingerprint density at radius 2 is 1.75 bits per heavy atom. The van der Waals surface area contributed by atoms with E-state index in [2.05, 4.69) is 21.2 Å². The highest BCUT2D eigenvalue weighted by Crippen LogP contribution is 2.34. The molecule has 1 N–H and O–H groups in total. The van der Waals surface area contributed by atoms with Crippen LogP contribution in [0.5, 0.6) is 0 Å². The molecule has 1 aromatic rings. The van der Waals surface area contributed by atoms with Crippen LogP contribution < -0.4 is 5.32 Å². The molecule has 3 amide bonds. The summed E-state index contributed by atoms with van der Waals surface area (Å²) in [5.74, 6) is -0.129. The molecular formula is C17H23BrN4O4S2. The van der Waals surface area contributed by atoms with E-state index in [1.54, 1.807) is 12.1 Å². The second-order valence-corrected chi connectivity index (χ2v) is 12.2. The highest BCUT2D eigenvalue weighted by Gasteiger charge is 2.51. The quantitative estimate of drug-likeness (QED) is 0.652. The number of nitrogens with zero attached hydrogens (tertiary/aromatic N) is 3. The Balaban J connectivity index is 1.37. The molecule has 3 fully saturated rings. The predicted molar refractivity (Wildman–Crippen MR) is 108 cm³/mol. The van der Waals surface area contributed by atoms with Crippen molar-refractivity contribution in [2.24, 2.45) is 0 Å². The van der Waals surface area contributed by atoms with E-state index >= 15 is 0 Å². The zero-order valence-corrected chi connectivity index (χ0v) is 18.6. The summed E-state index contributed by atoms with van der Waals surface area (Å²) in [4.78, 5) is 28.6. The highest BCUT2D eigenvalue weighted by molar-refractivity contribution is 9.11. The average molecular weight is 491 g/mol. The summed E-state index contributed by atoms with van der Waals surface area (Å²) in [6.45, 7) is 1.86. The summed E-state index contributed by atoms with van der Waals surface area (Å²) in [6.07, 6.45) is 4.42. The summed E-state index contributed by atoms with van der Waals surface area (Å²) >= 11 is 4.50. The van der Waals surface area contributed by atoms with Gasteiger partial charge in [0.1, 0.15) is 9.75 Å². The topological polar surface area (TPSA) is 90.0 Å². The third-order valence-corrected chi connectivity index (χ3v) is 9.76. The number of thiophene rings is 1. The first kappa shape index (κ1) is 20.3. The first-order valence-electron chi connectivity index (χ1n) is 9.44. The van der Waals surface area contributed by atoms with Crippen molar-refractivity contribution in [1.82, 2.24) is 19.4 Å². The van der Waals surface area contributed by atoms with Crippen LogP contribution in [-0.2, 0) is 14.8 Å². The number of halogens is 1. The fraction of sp³-hybridized carbons (Fsp3) is 0.647. The van der Waals surface area contributed by atoms with Crippen molar-refractivity contribution >= 4 is 49.2 Å². The van der Waals surface area contributed by atoms with Crippen molar-refractivity contribution in [2.75, 3.05) is 32.8 Å². The fourth-order valence-electron chi connectivity index (χ4n) is 4.17. The van der Waals surface area contributed by atoms with E-state index in [0.29, 0.717) is 43.2 Å². The number of imide groups is 1. The molecule has 1 aliphatic carbocycles. The molecule has 1 aromatic heterocycles. The second-order valence-electron chi connectivity index (χ2n) is 7.53. The maximum atomic E-state index is 12.9. The van der Waals surface area contributed by atoms with Crippen LogP contribution in [0.2, 0.25) is 0 Å². The van der Waals surface area contributed by atoms with E-state index in [0.717, 1.165) is 23.0 Å². The summed E-state index contributed by atoms with van der Waals surface area (Å²) in [5.41, 5.74) is -0.715. The monoisotopic (exact) mass is 490 g/mol. The smallest absolute Gasteiger partial charge is 0.323 e. The predicted octanol–water partition coefficient (Wildman–Crippen LogP) is 2.03. The molecule has 28 heavy (non-hydrogen) atoms. The minimum absolute atomic E-state index is 0.129. The van der Waals surface area contributed by atoms with Gasteiger partial charge in [-0.25, -0.2) is 18.1 Å². The van der Waals surface area contributed by atoms with Crippen molar-refractivity contribution in [3.8, 4) is 0 Å². The number of sulfonamides is 1. The molecule has 4 rings (SSSR count). The zero-order valence-electron chi connectivity index (χ0n) is 15.4. The van der Waals surface area contributed by atoms with Gasteiger partial charge in [-0.2, -0.15) is 4.31 Å². The summed E-state index contributed by atoms with van der Waals surface area (Å²) in [5, 5.41) is 2.92. The molecule has 0 radical (unpaired) electrons. The van der Waals surface area contributed by atoms with Crippen LogP contribution in [-0.4, -0.2) is 72.8 Å². The van der Waals surface area contributed by atoms with Crippen LogP contribution in [0.15, 0.2) is 20.1 Å². The lowest BCUT2D eigenvalue weighted by molar-refractivity contribution is -0.134. The Morgan fingerprint density at radius 3 is 2.36 bits per heavy atom. The number of hydrogen-bond donors (Lipinski definition) is 1. The SMILES string of the molecule is O=C1NC2(CCCCC2)C(=O)N1CN1CCN(S(=O)(=O)c2ccc(Br)s2)CC1. The lowest BCUT2D eigenvalue weighted by Crippen LogP contribution is -2.53. The van der Waals surface area contributed by atoms with Crippen LogP contribution in [0.3, 0.4) is 0 Å². The molecule has 1 spiro atoms. The first-order valence-corrected chi connectivity index (χ1v) is 12.5. The maximum Gasteiger partial charge on any atom is 0.326 e. The number of nitrogens with one attached hydrogen (secondary N) is 1. The Hall–Kier alpha value is -1.01. The third kappa shape index (κ3) is 3.62. The van der Waals surface area contributed by atoms with Crippen LogP contribution >= 0.6 is 27.3 Å². The lowest BCUT2D eigenvalue weighted by Gasteiger charge is -2.35. The fourth-order valence-corrected chi connectivity index (χ4v) is 7.76. The molecule has 2 aliphatic heterocycles. The summed E-state index contributed by atoms with van der Waals surface area (Å²) in [6, 6.07) is 3.00. The second kappa shape index (κ2) is 7.67. The molecule has 3 aliphatic rings. The first-order chi connectivity index (χ1) is 13.3. The average Bonchev–Trinajstić information content (AvgIpc) is 3.21. The maximum absolute atomic E-state index is 12.9. The molecule has 0 aromatic carbocycles. The van der Waals surface area contributed by atoms with Gasteiger partial charge in [0.05, 0.1) is 10.5 Å². The molecule has 2 saturated heterocycles. The largest absolute Gasteiger partial charge is 0.326 e. The molecule has 3 heterocycles. The number of rotatable bonds is 4. The number of urea groups is 1. The van der Waals surface area contributed by atoms with Crippen molar-refractivity contribution in [3.63, 3.8) is 0 Å². The Bertz CT molecular complexity index is 873. The van der Waals surface area contributed by atoms with Crippen LogP contribution in [0.1, 0.15) is 32.1 Å². The van der Waals surface area contributed by atoms with Crippen LogP contribution in [0.4, 0.5) is 4.79 Å². The van der Waals surface area contributed by atoms with Gasteiger partial charge in [-0.3, -0.25) is 9.69 Å². The molecule has 0 unspecified atom stereocenters. The lowest BCUT2D eigenvalue weighted by atomic mass is 9.82. The van der Waals surface area contributed by atoms with E-state index in [9.17, 15) is 18.0 Å². The highest BCUT2D eigenvalue weighted by atomic mass is 79.9. The van der Waals surface area contributed by atoms with Crippen LogP contribution in [0, 0.1) is 0 Å². The van der Waals surface area contributed by atoms with Gasteiger partial charge < -0.3 is 5.32 Å². The van der Waals surface area contributed by atoms with Gasteiger partial charge in [-0.1, -0.05) is 19.3 Å². The normalized spacial score (nSPS) is 24.1. The van der Waals surface area contributed by atoms with E-state index < -0.39 is 15.6 Å². The zero-order chi connectivity index (χ0) is 19.9. The van der Waals surface area contributed by atoms with Crippen molar-refractivity contribution < 1.29 is 18.0 Å². The number of hydrogen-bond acceptors (Lipinski definition) is 6. The van der Waals surface area contributed by atoms with Gasteiger partial charge in [0.25, 0.3) is 15.9 Å². The minimum atomic E-state index is -3.50. The molecule has 0 atom stereocenters. The van der Waals surface area contributed by atoms with Crippen LogP contribution in [0.25, 0.3) is 0 Å². The number of piperazine rings is 1. The number of carbonyl (C=O) groups excluding carboxylic acids is 2. The van der Waals surface area contributed by atoms with E-state index in [1.165, 1.54) is 20.5 Å². The molecule has 154 valence electrons. The molecule has 1 saturated carbocycles. The number of carbonyl (C=O) groups is 2. The Labute approximate surface area is 177 Å². The van der Waals surface area contributed by atoms with Gasteiger partial charge in [-0.05, 0) is 40.9 Å². The van der Waals surface area contributed by atoms with Crippen molar-refractivity contribution in [2.45, 2.75) is 41.9 Å². The Kier molecular flexibility index (Phi) is 5.56. The summed E-state index contributed by atoms with van der Waals surface area (Å²) < 4.78 is 28.0. The van der Waals surface area contributed by atoms with E-state index in [4.69, 9.17) is 0 Å².